The van der Waals surface area contributed by atoms with Crippen molar-refractivity contribution >= 4 is 22.1 Å². The number of nitrogens with zero attached hydrogens (tertiary/aromatic N) is 2. The van der Waals surface area contributed by atoms with E-state index in [4.69, 9.17) is 9.90 Å². The Hall–Kier alpha value is -2.68. The van der Waals surface area contributed by atoms with Crippen LogP contribution in [0.4, 0.5) is 0 Å². The minimum atomic E-state index is -2.29. The van der Waals surface area contributed by atoms with Crippen LogP contribution in [-0.4, -0.2) is 9.97 Å². The van der Waals surface area contributed by atoms with Crippen molar-refractivity contribution in [2.24, 2.45) is 5.92 Å². The van der Waals surface area contributed by atoms with Crippen LogP contribution in [0.1, 0.15) is 61.7 Å². The van der Waals surface area contributed by atoms with Crippen molar-refractivity contribution in [1.29, 1.82) is 0 Å². The highest BCUT2D eigenvalue weighted by Gasteiger charge is 2.22. The summed E-state index contributed by atoms with van der Waals surface area (Å²) in [5.41, 5.74) is 3.49. The first kappa shape index (κ1) is 13.5. The molecular formula is C25H26N2O. The fourth-order valence-electron chi connectivity index (χ4n) is 4.48. The molecule has 1 saturated carbocycles. The topological polar surface area (TPSA) is 38.9 Å². The van der Waals surface area contributed by atoms with Gasteiger partial charge >= 0.3 is 0 Å². The largest absolute Gasteiger partial charge is 0.437 e. The monoisotopic (exact) mass is 374 g/mol. The third-order valence-electron chi connectivity index (χ3n) is 6.07. The first-order valence-corrected chi connectivity index (χ1v) is 10.0. The quantitative estimate of drug-likeness (QED) is 0.386. The molecule has 1 aromatic carbocycles. The molecule has 1 unspecified atom stereocenters. The van der Waals surface area contributed by atoms with Gasteiger partial charge in [0.05, 0.1) is 5.69 Å². The standard InChI is InChI=1S/C25H26N2O/c1-16-11-12-21-20-9-6-10-22(24(20)28-25(21)27-16)23-15-19(13-14-26-23)17(2)18-7-4-3-5-8-18/h6,9-15,17-18H,3-5,7-8H2,1-2H3/i1D3,17D. The number of aryl methyl sites for hydroxylation is 1. The van der Waals surface area contributed by atoms with Crippen molar-refractivity contribution in [2.45, 2.75) is 51.8 Å². The second-order valence-corrected chi connectivity index (χ2v) is 7.78. The summed E-state index contributed by atoms with van der Waals surface area (Å²) in [7, 11) is 0. The second-order valence-electron chi connectivity index (χ2n) is 7.78. The summed E-state index contributed by atoms with van der Waals surface area (Å²) in [5.74, 6) is -0.327. The summed E-state index contributed by atoms with van der Waals surface area (Å²) in [6.07, 6.45) is 7.61. The molecule has 0 radical (unpaired) electrons. The van der Waals surface area contributed by atoms with Crippen LogP contribution in [0.2, 0.25) is 0 Å². The number of aromatic nitrogens is 2. The number of hydrogen-bond donors (Lipinski definition) is 0. The number of pyridine rings is 2. The fraction of sp³-hybridized carbons (Fsp3) is 0.360. The molecule has 28 heavy (non-hydrogen) atoms. The van der Waals surface area contributed by atoms with E-state index in [1.807, 2.05) is 37.3 Å². The van der Waals surface area contributed by atoms with Crippen LogP contribution in [-0.2, 0) is 0 Å². The SMILES string of the molecule is [2H]C([2H])([2H])c1ccc2c(n1)oc1c(-c3cc(C([2H])(C)C4CCCCC4)ccn3)cccc12. The highest BCUT2D eigenvalue weighted by Crippen LogP contribution is 2.38. The molecule has 1 aliphatic rings. The van der Waals surface area contributed by atoms with E-state index in [1.54, 1.807) is 12.3 Å². The third-order valence-corrected chi connectivity index (χ3v) is 6.07. The highest BCUT2D eigenvalue weighted by atomic mass is 16.3. The van der Waals surface area contributed by atoms with Gasteiger partial charge in [-0.15, -0.1) is 0 Å². The van der Waals surface area contributed by atoms with E-state index < -0.39 is 12.7 Å². The van der Waals surface area contributed by atoms with Crippen molar-refractivity contribution < 1.29 is 9.90 Å². The molecule has 0 saturated heterocycles. The minimum Gasteiger partial charge on any atom is -0.437 e. The molecule has 3 nitrogen and oxygen atoms in total. The Morgan fingerprint density at radius 3 is 2.86 bits per heavy atom. The number of benzene rings is 1. The van der Waals surface area contributed by atoms with E-state index in [1.165, 1.54) is 25.3 Å². The zero-order valence-electron chi connectivity index (χ0n) is 20.0. The smallest absolute Gasteiger partial charge is 0.227 e. The van der Waals surface area contributed by atoms with Gasteiger partial charge in [-0.25, -0.2) is 4.98 Å². The molecule has 1 aliphatic carbocycles. The molecule has 0 N–H and O–H groups in total. The maximum absolute atomic E-state index is 9.14. The van der Waals surface area contributed by atoms with Gasteiger partial charge in [0.1, 0.15) is 5.58 Å². The van der Waals surface area contributed by atoms with Crippen LogP contribution in [0.15, 0.2) is 53.1 Å². The molecular weight excluding hydrogens is 344 g/mol. The fourth-order valence-corrected chi connectivity index (χ4v) is 4.48. The average molecular weight is 375 g/mol. The van der Waals surface area contributed by atoms with E-state index in [2.05, 4.69) is 9.97 Å². The maximum Gasteiger partial charge on any atom is 0.227 e. The van der Waals surface area contributed by atoms with Gasteiger partial charge in [0.15, 0.2) is 0 Å². The summed E-state index contributed by atoms with van der Waals surface area (Å²) >= 11 is 0. The van der Waals surface area contributed by atoms with Gasteiger partial charge < -0.3 is 4.42 Å². The Balaban J connectivity index is 1.61. The zero-order valence-corrected chi connectivity index (χ0v) is 16.0. The summed E-state index contributed by atoms with van der Waals surface area (Å²) < 4.78 is 38.1. The molecule has 3 aromatic heterocycles. The highest BCUT2D eigenvalue weighted by molar-refractivity contribution is 6.08. The predicted octanol–water partition coefficient (Wildman–Crippen LogP) is 7.04. The van der Waals surface area contributed by atoms with E-state index in [-0.39, 0.29) is 5.69 Å². The van der Waals surface area contributed by atoms with E-state index >= 15 is 0 Å². The van der Waals surface area contributed by atoms with E-state index in [0.717, 1.165) is 40.4 Å². The zero-order chi connectivity index (χ0) is 22.5. The molecule has 4 aromatic rings. The molecule has 0 spiro atoms. The van der Waals surface area contributed by atoms with Crippen LogP contribution in [0.25, 0.3) is 33.3 Å². The Labute approximate surface area is 171 Å². The molecule has 0 bridgehead atoms. The van der Waals surface area contributed by atoms with Gasteiger partial charge in [-0.2, -0.15) is 0 Å². The van der Waals surface area contributed by atoms with Crippen LogP contribution < -0.4 is 0 Å². The number of fused-ring (bicyclic) bond motifs is 3. The lowest BCUT2D eigenvalue weighted by molar-refractivity contribution is 0.316. The van der Waals surface area contributed by atoms with Crippen molar-refractivity contribution in [3.05, 3.63) is 59.9 Å². The number of hydrogen-bond acceptors (Lipinski definition) is 3. The van der Waals surface area contributed by atoms with Crippen LogP contribution >= 0.6 is 0 Å². The normalized spacial score (nSPS) is 20.3. The number of para-hydroxylation sites is 1. The summed E-state index contributed by atoms with van der Waals surface area (Å²) in [6.45, 7) is -0.270. The molecule has 0 aliphatic heterocycles. The Morgan fingerprint density at radius 2 is 2.00 bits per heavy atom. The van der Waals surface area contributed by atoms with Crippen molar-refractivity contribution in [3.63, 3.8) is 0 Å². The second kappa shape index (κ2) is 7.05. The number of furan rings is 1. The third kappa shape index (κ3) is 2.99. The first-order valence-electron chi connectivity index (χ1n) is 12.0. The lowest BCUT2D eigenvalue weighted by Gasteiger charge is -2.28. The molecule has 3 heterocycles. The predicted molar refractivity (Wildman–Crippen MR) is 114 cm³/mol. The van der Waals surface area contributed by atoms with Crippen molar-refractivity contribution in [2.75, 3.05) is 0 Å². The Morgan fingerprint density at radius 1 is 1.11 bits per heavy atom. The molecule has 5 rings (SSSR count). The summed E-state index contributed by atoms with van der Waals surface area (Å²) in [4.78, 5) is 8.85. The van der Waals surface area contributed by atoms with Crippen molar-refractivity contribution in [3.8, 4) is 11.3 Å². The summed E-state index contributed by atoms with van der Waals surface area (Å²) in [6, 6.07) is 13.1. The molecule has 1 atom stereocenters. The Bertz CT molecular complexity index is 1290. The Kier molecular flexibility index (Phi) is 3.40. The first-order chi connectivity index (χ1) is 15.2. The van der Waals surface area contributed by atoms with Gasteiger partial charge in [-0.1, -0.05) is 38.3 Å². The molecule has 142 valence electrons. The maximum atomic E-state index is 9.14. The van der Waals surface area contributed by atoms with E-state index in [9.17, 15) is 0 Å². The molecule has 1 fully saturated rings. The van der Waals surface area contributed by atoms with Gasteiger partial charge in [-0.3, -0.25) is 4.98 Å². The van der Waals surface area contributed by atoms with Gasteiger partial charge in [0, 0.05) is 33.7 Å². The van der Waals surface area contributed by atoms with Crippen LogP contribution in [0.3, 0.4) is 0 Å². The average Bonchev–Trinajstić information content (AvgIpc) is 3.17. The lowest BCUT2D eigenvalue weighted by atomic mass is 9.78. The van der Waals surface area contributed by atoms with E-state index in [0.29, 0.717) is 17.2 Å². The van der Waals surface area contributed by atoms with Gasteiger partial charge in [0.2, 0.25) is 5.71 Å². The minimum absolute atomic E-state index is 0.0168. The van der Waals surface area contributed by atoms with Crippen LogP contribution in [0.5, 0.6) is 0 Å². The number of rotatable bonds is 3. The van der Waals surface area contributed by atoms with Gasteiger partial charge in [0.25, 0.3) is 0 Å². The lowest BCUT2D eigenvalue weighted by Crippen LogP contribution is -2.14. The summed E-state index contributed by atoms with van der Waals surface area (Å²) in [5, 5.41) is 1.65. The molecule has 3 heteroatoms. The van der Waals surface area contributed by atoms with Crippen molar-refractivity contribution in [1.82, 2.24) is 9.97 Å². The van der Waals surface area contributed by atoms with Gasteiger partial charge in [-0.05, 0) is 67.4 Å². The molecule has 0 amide bonds. The van der Waals surface area contributed by atoms with Crippen LogP contribution in [0, 0.1) is 12.8 Å².